The maximum Gasteiger partial charge on any atom is 0.142 e. The summed E-state index contributed by atoms with van der Waals surface area (Å²) in [6.07, 6.45) is 2.29. The molecule has 1 aromatic carbocycles. The van der Waals surface area contributed by atoms with Crippen LogP contribution in [0.3, 0.4) is 0 Å². The van der Waals surface area contributed by atoms with Gasteiger partial charge in [0.15, 0.2) is 0 Å². The minimum atomic E-state index is -0.351. The second kappa shape index (κ2) is 7.72. The third-order valence-electron chi connectivity index (χ3n) is 2.93. The van der Waals surface area contributed by atoms with E-state index in [1.165, 1.54) is 12.5 Å². The molecule has 0 aliphatic rings. The molecule has 1 unspecified atom stereocenters. The van der Waals surface area contributed by atoms with Crippen molar-refractivity contribution in [1.29, 1.82) is 0 Å². The molecule has 102 valence electrons. The molecule has 0 radical (unpaired) electrons. The summed E-state index contributed by atoms with van der Waals surface area (Å²) in [5.74, 6) is -0.351. The van der Waals surface area contributed by atoms with Gasteiger partial charge >= 0.3 is 0 Å². The molecule has 1 aromatic rings. The molecule has 0 saturated carbocycles. The Morgan fingerprint density at radius 1 is 1.33 bits per heavy atom. The molecule has 0 aliphatic heterocycles. The molecule has 0 fully saturated rings. The van der Waals surface area contributed by atoms with E-state index in [-0.39, 0.29) is 16.9 Å². The van der Waals surface area contributed by atoms with E-state index in [1.54, 1.807) is 6.07 Å². The quantitative estimate of drug-likeness (QED) is 0.765. The van der Waals surface area contributed by atoms with Gasteiger partial charge in [0.25, 0.3) is 0 Å². The van der Waals surface area contributed by atoms with E-state index in [0.717, 1.165) is 25.1 Å². The highest BCUT2D eigenvalue weighted by molar-refractivity contribution is 6.30. The predicted molar refractivity (Wildman–Crippen MR) is 75.6 cm³/mol. The van der Waals surface area contributed by atoms with Gasteiger partial charge in [-0.05, 0) is 64.6 Å². The van der Waals surface area contributed by atoms with Gasteiger partial charge in [0, 0.05) is 6.04 Å². The van der Waals surface area contributed by atoms with Crippen LogP contribution in [-0.2, 0) is 0 Å². The molecule has 0 aromatic heterocycles. The van der Waals surface area contributed by atoms with Crippen molar-refractivity contribution in [2.24, 2.45) is 0 Å². The SMILES string of the molecule is CC(NCCCCN(C)C)c1ccc(Cl)c(F)c1. The number of unbranched alkanes of at least 4 members (excludes halogenated alkanes) is 1. The van der Waals surface area contributed by atoms with E-state index < -0.39 is 0 Å². The first-order chi connectivity index (χ1) is 8.50. The molecule has 0 heterocycles. The molecule has 1 N–H and O–H groups in total. The third kappa shape index (κ3) is 5.34. The predicted octanol–water partition coefficient (Wildman–Crippen LogP) is 3.47. The number of rotatable bonds is 7. The third-order valence-corrected chi connectivity index (χ3v) is 3.23. The molecule has 0 bridgehead atoms. The Labute approximate surface area is 114 Å². The lowest BCUT2D eigenvalue weighted by molar-refractivity contribution is 0.389. The van der Waals surface area contributed by atoms with E-state index in [9.17, 15) is 4.39 Å². The number of hydrogen-bond donors (Lipinski definition) is 1. The smallest absolute Gasteiger partial charge is 0.142 e. The first-order valence-electron chi connectivity index (χ1n) is 6.33. The van der Waals surface area contributed by atoms with Gasteiger partial charge in [-0.3, -0.25) is 0 Å². The largest absolute Gasteiger partial charge is 0.310 e. The maximum atomic E-state index is 13.3. The van der Waals surface area contributed by atoms with Gasteiger partial charge in [-0.1, -0.05) is 17.7 Å². The topological polar surface area (TPSA) is 15.3 Å². The summed E-state index contributed by atoms with van der Waals surface area (Å²) >= 11 is 5.66. The van der Waals surface area contributed by atoms with Crippen LogP contribution in [0.5, 0.6) is 0 Å². The van der Waals surface area contributed by atoms with E-state index in [0.29, 0.717) is 0 Å². The molecule has 0 amide bonds. The molecule has 0 saturated heterocycles. The zero-order valence-corrected chi connectivity index (χ0v) is 12.1. The summed E-state index contributed by atoms with van der Waals surface area (Å²) in [5.41, 5.74) is 0.935. The molecule has 1 rings (SSSR count). The number of nitrogens with one attached hydrogen (secondary N) is 1. The second-order valence-electron chi connectivity index (χ2n) is 4.86. The Hall–Kier alpha value is -0.640. The standard InChI is InChI=1S/C14H22ClFN2/c1-11(17-8-4-5-9-18(2)3)12-6-7-13(15)14(16)10-12/h6-7,10-11,17H,4-5,8-9H2,1-3H3. The average molecular weight is 273 g/mol. The van der Waals surface area contributed by atoms with E-state index in [2.05, 4.69) is 24.3 Å². The van der Waals surface area contributed by atoms with Crippen molar-refractivity contribution >= 4 is 11.6 Å². The van der Waals surface area contributed by atoms with Crippen molar-refractivity contribution in [2.45, 2.75) is 25.8 Å². The molecule has 0 spiro atoms. The van der Waals surface area contributed by atoms with Crippen molar-refractivity contribution in [3.8, 4) is 0 Å². The van der Waals surface area contributed by atoms with Crippen LogP contribution in [0.1, 0.15) is 31.4 Å². The first kappa shape index (κ1) is 15.4. The molecular formula is C14H22ClFN2. The van der Waals surface area contributed by atoms with Crippen LogP contribution in [0.4, 0.5) is 4.39 Å². The molecule has 0 aliphatic carbocycles. The highest BCUT2D eigenvalue weighted by atomic mass is 35.5. The Balaban J connectivity index is 2.31. The highest BCUT2D eigenvalue weighted by Crippen LogP contribution is 2.19. The molecule has 4 heteroatoms. The van der Waals surface area contributed by atoms with E-state index in [4.69, 9.17) is 11.6 Å². The van der Waals surface area contributed by atoms with Crippen molar-refractivity contribution < 1.29 is 4.39 Å². The van der Waals surface area contributed by atoms with Crippen LogP contribution in [0.25, 0.3) is 0 Å². The fourth-order valence-electron chi connectivity index (χ4n) is 1.77. The van der Waals surface area contributed by atoms with Gasteiger partial charge in [-0.25, -0.2) is 4.39 Å². The van der Waals surface area contributed by atoms with Crippen LogP contribution >= 0.6 is 11.6 Å². The fourth-order valence-corrected chi connectivity index (χ4v) is 1.89. The minimum Gasteiger partial charge on any atom is -0.310 e. The zero-order valence-electron chi connectivity index (χ0n) is 11.3. The Kier molecular flexibility index (Phi) is 6.61. The van der Waals surface area contributed by atoms with Crippen molar-refractivity contribution in [3.05, 3.63) is 34.6 Å². The van der Waals surface area contributed by atoms with Crippen LogP contribution in [-0.4, -0.2) is 32.1 Å². The summed E-state index contributed by atoms with van der Waals surface area (Å²) in [4.78, 5) is 2.18. The average Bonchev–Trinajstić information content (AvgIpc) is 2.31. The lowest BCUT2D eigenvalue weighted by Crippen LogP contribution is -2.21. The summed E-state index contributed by atoms with van der Waals surface area (Å²) < 4.78 is 13.3. The van der Waals surface area contributed by atoms with Gasteiger partial charge < -0.3 is 10.2 Å². The van der Waals surface area contributed by atoms with E-state index >= 15 is 0 Å². The van der Waals surface area contributed by atoms with Crippen LogP contribution in [0.2, 0.25) is 5.02 Å². The molecule has 2 nitrogen and oxygen atoms in total. The number of halogens is 2. The van der Waals surface area contributed by atoms with Gasteiger partial charge in [-0.2, -0.15) is 0 Å². The number of benzene rings is 1. The van der Waals surface area contributed by atoms with Crippen molar-refractivity contribution in [2.75, 3.05) is 27.2 Å². The molecule has 1 atom stereocenters. The summed E-state index contributed by atoms with van der Waals surface area (Å²) in [6, 6.07) is 5.12. The van der Waals surface area contributed by atoms with Crippen molar-refractivity contribution in [1.82, 2.24) is 10.2 Å². The normalized spacial score (nSPS) is 13.0. The summed E-state index contributed by atoms with van der Waals surface area (Å²) in [7, 11) is 4.15. The van der Waals surface area contributed by atoms with Crippen LogP contribution in [0, 0.1) is 5.82 Å². The summed E-state index contributed by atoms with van der Waals surface area (Å²) in [5, 5.41) is 3.57. The monoisotopic (exact) mass is 272 g/mol. The van der Waals surface area contributed by atoms with Crippen LogP contribution < -0.4 is 5.32 Å². The van der Waals surface area contributed by atoms with E-state index in [1.807, 2.05) is 13.0 Å². The number of hydrogen-bond acceptors (Lipinski definition) is 2. The lowest BCUT2D eigenvalue weighted by atomic mass is 10.1. The van der Waals surface area contributed by atoms with Crippen LogP contribution in [0.15, 0.2) is 18.2 Å². The maximum absolute atomic E-state index is 13.3. The van der Waals surface area contributed by atoms with Crippen molar-refractivity contribution in [3.63, 3.8) is 0 Å². The summed E-state index contributed by atoms with van der Waals surface area (Å²) in [6.45, 7) is 4.08. The zero-order chi connectivity index (χ0) is 13.5. The van der Waals surface area contributed by atoms with Gasteiger partial charge in [0.1, 0.15) is 5.82 Å². The van der Waals surface area contributed by atoms with Gasteiger partial charge in [0.2, 0.25) is 0 Å². The Morgan fingerprint density at radius 3 is 2.67 bits per heavy atom. The lowest BCUT2D eigenvalue weighted by Gasteiger charge is -2.15. The minimum absolute atomic E-state index is 0.149. The van der Waals surface area contributed by atoms with Gasteiger partial charge in [0.05, 0.1) is 5.02 Å². The highest BCUT2D eigenvalue weighted by Gasteiger charge is 2.07. The Bertz CT molecular complexity index is 369. The van der Waals surface area contributed by atoms with Gasteiger partial charge in [-0.15, -0.1) is 0 Å². The number of nitrogens with zero attached hydrogens (tertiary/aromatic N) is 1. The fraction of sp³-hybridized carbons (Fsp3) is 0.571. The Morgan fingerprint density at radius 2 is 2.06 bits per heavy atom. The second-order valence-corrected chi connectivity index (χ2v) is 5.27. The molecular weight excluding hydrogens is 251 g/mol. The molecule has 18 heavy (non-hydrogen) atoms. The first-order valence-corrected chi connectivity index (χ1v) is 6.71.